The number of hydrogen-bond donors (Lipinski definition) is 1. The van der Waals surface area contributed by atoms with E-state index in [1.165, 1.54) is 23.7 Å². The molecule has 1 aliphatic heterocycles. The number of amides is 2. The van der Waals surface area contributed by atoms with E-state index in [1.807, 2.05) is 0 Å². The number of benzene rings is 1. The van der Waals surface area contributed by atoms with Crippen molar-refractivity contribution in [2.75, 3.05) is 39.3 Å². The van der Waals surface area contributed by atoms with Gasteiger partial charge in [-0.15, -0.1) is 11.3 Å². The van der Waals surface area contributed by atoms with Gasteiger partial charge in [0.25, 0.3) is 11.8 Å². The molecule has 210 valence electrons. The SMILES string of the molecule is C[C@H](NC(=O)c1ccco1)C(=O)N1CCCN(CCCOc2ccc(-c3noc(-c4nccs4)n3)c(F)c2)CC1. The Hall–Kier alpha value is -4.10. The summed E-state index contributed by atoms with van der Waals surface area (Å²) in [6.07, 6.45) is 4.63. The van der Waals surface area contributed by atoms with E-state index in [2.05, 4.69) is 25.3 Å². The van der Waals surface area contributed by atoms with Gasteiger partial charge in [0.15, 0.2) is 10.8 Å². The second kappa shape index (κ2) is 12.8. The third kappa shape index (κ3) is 6.72. The maximum atomic E-state index is 14.7. The van der Waals surface area contributed by atoms with Crippen LogP contribution >= 0.6 is 11.3 Å². The molecule has 0 unspecified atom stereocenters. The van der Waals surface area contributed by atoms with Crippen LogP contribution in [0.15, 0.2) is 57.1 Å². The molecule has 13 heteroatoms. The molecule has 11 nitrogen and oxygen atoms in total. The molecule has 5 rings (SSSR count). The first-order valence-corrected chi connectivity index (χ1v) is 13.9. The molecule has 1 aromatic carbocycles. The summed E-state index contributed by atoms with van der Waals surface area (Å²) in [6.45, 7) is 5.67. The highest BCUT2D eigenvalue weighted by atomic mass is 32.1. The van der Waals surface area contributed by atoms with Crippen LogP contribution in [0.1, 0.15) is 30.3 Å². The van der Waals surface area contributed by atoms with Gasteiger partial charge in [-0.3, -0.25) is 9.59 Å². The maximum Gasteiger partial charge on any atom is 0.287 e. The maximum absolute atomic E-state index is 14.7. The first kappa shape index (κ1) is 27.5. The number of nitrogens with one attached hydrogen (secondary N) is 1. The lowest BCUT2D eigenvalue weighted by Crippen LogP contribution is -2.48. The second-order valence-electron chi connectivity index (χ2n) is 9.30. The van der Waals surface area contributed by atoms with E-state index in [9.17, 15) is 14.0 Å². The summed E-state index contributed by atoms with van der Waals surface area (Å²) in [5, 5.41) is 8.93. The summed E-state index contributed by atoms with van der Waals surface area (Å²) < 4.78 is 30.8. The van der Waals surface area contributed by atoms with Crippen LogP contribution in [0.4, 0.5) is 4.39 Å². The van der Waals surface area contributed by atoms with Crippen molar-refractivity contribution in [3.8, 4) is 28.0 Å². The van der Waals surface area contributed by atoms with Crippen LogP contribution in [-0.4, -0.2) is 82.1 Å². The molecule has 4 heterocycles. The van der Waals surface area contributed by atoms with Gasteiger partial charge >= 0.3 is 0 Å². The van der Waals surface area contributed by atoms with Gasteiger partial charge in [-0.1, -0.05) is 5.16 Å². The second-order valence-corrected chi connectivity index (χ2v) is 10.2. The largest absolute Gasteiger partial charge is 0.493 e. The van der Waals surface area contributed by atoms with Crippen LogP contribution in [0.3, 0.4) is 0 Å². The van der Waals surface area contributed by atoms with Crippen LogP contribution < -0.4 is 10.1 Å². The van der Waals surface area contributed by atoms with Crippen molar-refractivity contribution in [1.82, 2.24) is 30.2 Å². The summed E-state index contributed by atoms with van der Waals surface area (Å²) in [5.41, 5.74) is 0.220. The fourth-order valence-electron chi connectivity index (χ4n) is 4.42. The number of aromatic nitrogens is 3. The Balaban J connectivity index is 1.04. The number of ether oxygens (including phenoxy) is 1. The highest BCUT2D eigenvalue weighted by Crippen LogP contribution is 2.27. The van der Waals surface area contributed by atoms with Gasteiger partial charge in [0.05, 0.1) is 18.4 Å². The molecule has 1 N–H and O–H groups in total. The molecule has 40 heavy (non-hydrogen) atoms. The van der Waals surface area contributed by atoms with Crippen LogP contribution in [0.2, 0.25) is 0 Å². The number of nitrogens with zero attached hydrogens (tertiary/aromatic N) is 5. The molecule has 0 saturated carbocycles. The third-order valence-electron chi connectivity index (χ3n) is 6.47. The van der Waals surface area contributed by atoms with Gasteiger partial charge < -0.3 is 28.8 Å². The molecule has 0 radical (unpaired) electrons. The lowest BCUT2D eigenvalue weighted by molar-refractivity contribution is -0.132. The van der Waals surface area contributed by atoms with Gasteiger partial charge in [0.1, 0.15) is 17.6 Å². The Bertz CT molecular complexity index is 1410. The minimum absolute atomic E-state index is 0.115. The van der Waals surface area contributed by atoms with Crippen LogP contribution in [0.5, 0.6) is 5.75 Å². The minimum atomic E-state index is -0.649. The highest BCUT2D eigenvalue weighted by Gasteiger charge is 2.25. The highest BCUT2D eigenvalue weighted by molar-refractivity contribution is 7.12. The van der Waals surface area contributed by atoms with Crippen molar-refractivity contribution in [2.45, 2.75) is 25.8 Å². The zero-order valence-corrected chi connectivity index (χ0v) is 22.7. The molecule has 2 amide bonds. The van der Waals surface area contributed by atoms with Crippen molar-refractivity contribution in [2.24, 2.45) is 0 Å². The summed E-state index contributed by atoms with van der Waals surface area (Å²) in [5.74, 6) is -0.0349. The minimum Gasteiger partial charge on any atom is -0.493 e. The normalized spacial score (nSPS) is 15.0. The molecule has 4 aromatic rings. The van der Waals surface area contributed by atoms with Crippen molar-refractivity contribution in [3.63, 3.8) is 0 Å². The lowest BCUT2D eigenvalue weighted by atomic mass is 10.2. The molecule has 1 fully saturated rings. The van der Waals surface area contributed by atoms with E-state index < -0.39 is 17.8 Å². The number of carbonyl (C=O) groups excluding carboxylic acids is 2. The van der Waals surface area contributed by atoms with Crippen LogP contribution in [0.25, 0.3) is 22.3 Å². The molecule has 1 atom stereocenters. The predicted molar refractivity (Wildman–Crippen MR) is 144 cm³/mol. The van der Waals surface area contributed by atoms with Gasteiger partial charge in [-0.25, -0.2) is 9.37 Å². The van der Waals surface area contributed by atoms with Crippen molar-refractivity contribution in [1.29, 1.82) is 0 Å². The van der Waals surface area contributed by atoms with Crippen molar-refractivity contribution >= 4 is 23.2 Å². The fraction of sp³-hybridized carbons (Fsp3) is 0.370. The number of halogens is 1. The molecule has 3 aromatic heterocycles. The number of furan rings is 1. The van der Waals surface area contributed by atoms with Crippen LogP contribution in [0, 0.1) is 5.82 Å². The van der Waals surface area contributed by atoms with E-state index in [4.69, 9.17) is 13.7 Å². The number of thiazole rings is 1. The van der Waals surface area contributed by atoms with E-state index in [0.29, 0.717) is 30.5 Å². The summed E-state index contributed by atoms with van der Waals surface area (Å²) in [7, 11) is 0. The first-order chi connectivity index (χ1) is 19.5. The summed E-state index contributed by atoms with van der Waals surface area (Å²) in [6, 6.07) is 7.10. The topological polar surface area (TPSA) is 127 Å². The molecule has 0 aliphatic carbocycles. The van der Waals surface area contributed by atoms with Gasteiger partial charge in [-0.2, -0.15) is 4.98 Å². The molecule has 0 spiro atoms. The van der Waals surface area contributed by atoms with Gasteiger partial charge in [0, 0.05) is 43.8 Å². The Kier molecular flexibility index (Phi) is 8.81. The Morgan fingerprint density at radius 3 is 2.90 bits per heavy atom. The molecule has 1 aliphatic rings. The van der Waals surface area contributed by atoms with Gasteiger partial charge in [-0.05, 0) is 50.6 Å². The van der Waals surface area contributed by atoms with E-state index in [1.54, 1.807) is 47.7 Å². The Morgan fingerprint density at radius 1 is 1.23 bits per heavy atom. The van der Waals surface area contributed by atoms with E-state index in [-0.39, 0.29) is 28.9 Å². The Morgan fingerprint density at radius 2 is 2.12 bits per heavy atom. The lowest BCUT2D eigenvalue weighted by Gasteiger charge is -2.25. The summed E-state index contributed by atoms with van der Waals surface area (Å²) >= 11 is 1.36. The molecular weight excluding hydrogens is 539 g/mol. The van der Waals surface area contributed by atoms with Crippen molar-refractivity contribution < 1.29 is 27.7 Å². The quantitative estimate of drug-likeness (QED) is 0.285. The predicted octanol–water partition coefficient (Wildman–Crippen LogP) is 3.71. The molecule has 1 saturated heterocycles. The van der Waals surface area contributed by atoms with Gasteiger partial charge in [0.2, 0.25) is 11.7 Å². The average molecular weight is 569 g/mol. The summed E-state index contributed by atoms with van der Waals surface area (Å²) in [4.78, 5) is 37.5. The smallest absolute Gasteiger partial charge is 0.287 e. The monoisotopic (exact) mass is 568 g/mol. The Labute approximate surface area is 233 Å². The van der Waals surface area contributed by atoms with Crippen LogP contribution in [-0.2, 0) is 4.79 Å². The van der Waals surface area contributed by atoms with E-state index in [0.717, 1.165) is 32.5 Å². The number of carbonyl (C=O) groups is 2. The first-order valence-electron chi connectivity index (χ1n) is 13.0. The van der Waals surface area contributed by atoms with Crippen molar-refractivity contribution in [3.05, 3.63) is 59.7 Å². The zero-order valence-electron chi connectivity index (χ0n) is 21.9. The zero-order chi connectivity index (χ0) is 27.9. The van der Waals surface area contributed by atoms with E-state index >= 15 is 0 Å². The average Bonchev–Trinajstić information content (AvgIpc) is 3.73. The molecular formula is C27H29FN6O5S. The number of rotatable bonds is 10. The standard InChI is InChI=1S/C27H29FN6O5S/c1-18(30-24(35)22-5-2-14-38-22)27(36)34-11-3-9-33(12-13-34)10-4-15-37-19-6-7-20(21(28)17-19)23-31-25(39-32-23)26-29-8-16-40-26/h2,5-8,14,16-18H,3-4,9-13,15H2,1H3,(H,30,35)/t18-/m0/s1. The molecule has 0 bridgehead atoms. The fourth-order valence-corrected chi connectivity index (χ4v) is 4.98. The number of hydrogen-bond acceptors (Lipinski definition) is 10. The third-order valence-corrected chi connectivity index (χ3v) is 7.23.